The molecule has 2 aliphatic heterocycles. The van der Waals surface area contributed by atoms with Gasteiger partial charge in [-0.1, -0.05) is 31.2 Å². The van der Waals surface area contributed by atoms with Crippen LogP contribution in [0, 0.1) is 17.8 Å². The van der Waals surface area contributed by atoms with E-state index in [-0.39, 0.29) is 35.7 Å². The zero-order valence-electron chi connectivity index (χ0n) is 28.5. The number of ether oxygens (including phenoxy) is 1. The molecule has 13 heteroatoms. The van der Waals surface area contributed by atoms with Gasteiger partial charge in [0.15, 0.2) is 5.82 Å². The minimum Gasteiger partial charge on any atom is -0.453 e. The maximum absolute atomic E-state index is 13.5. The smallest absolute Gasteiger partial charge is 0.407 e. The van der Waals surface area contributed by atoms with E-state index in [4.69, 9.17) is 4.74 Å². The van der Waals surface area contributed by atoms with Crippen LogP contribution in [-0.2, 0) is 14.3 Å². The number of amides is 3. The van der Waals surface area contributed by atoms with E-state index in [0.717, 1.165) is 97.6 Å². The Kier molecular flexibility index (Phi) is 8.57. The first kappa shape index (κ1) is 32.2. The van der Waals surface area contributed by atoms with Crippen molar-refractivity contribution in [3.05, 3.63) is 60.7 Å². The predicted octanol–water partition coefficient (Wildman–Crippen LogP) is 5.43. The lowest BCUT2D eigenvalue weighted by Gasteiger charge is -2.28. The van der Waals surface area contributed by atoms with Crippen LogP contribution >= 0.6 is 0 Å². The maximum Gasteiger partial charge on any atom is 0.407 e. The lowest BCUT2D eigenvalue weighted by atomic mass is 10.0. The van der Waals surface area contributed by atoms with Crippen molar-refractivity contribution in [1.29, 1.82) is 0 Å². The molecule has 260 valence electrons. The van der Waals surface area contributed by atoms with Gasteiger partial charge in [-0.15, -0.1) is 0 Å². The molecular weight excluding hydrogens is 634 g/mol. The summed E-state index contributed by atoms with van der Waals surface area (Å²) >= 11 is 0. The molecule has 4 fully saturated rings. The SMILES string of the molecule is COC(=O)N[C@H](C(=O)N1CCC[C@H]1c1ncc(-c2ccc(-c3ncc(-c4cnc([C@@H]5CCCN5C(=O)[C@@H](C)C5CC5)[nH]4)cn3)cc2)[nH]1)C1CC1. The largest absolute Gasteiger partial charge is 0.453 e. The van der Waals surface area contributed by atoms with Crippen LogP contribution in [0.25, 0.3) is 33.9 Å². The fraction of sp³-hybridized carbons (Fsp3) is 0.486. The number of hydrogen-bond acceptors (Lipinski definition) is 8. The molecule has 1 aromatic carbocycles. The van der Waals surface area contributed by atoms with Crippen LogP contribution in [0.1, 0.15) is 82.0 Å². The number of imidazole rings is 2. The molecule has 0 radical (unpaired) electrons. The first-order valence-electron chi connectivity index (χ1n) is 17.9. The van der Waals surface area contributed by atoms with E-state index in [0.29, 0.717) is 18.3 Å². The van der Waals surface area contributed by atoms with Crippen molar-refractivity contribution in [3.63, 3.8) is 0 Å². The maximum atomic E-state index is 13.5. The lowest BCUT2D eigenvalue weighted by molar-refractivity contribution is -0.137. The Bertz CT molecular complexity index is 1860. The van der Waals surface area contributed by atoms with E-state index in [2.05, 4.69) is 42.1 Å². The third-order valence-corrected chi connectivity index (χ3v) is 10.8. The number of aromatic nitrogens is 6. The number of hydrogen-bond donors (Lipinski definition) is 3. The number of likely N-dealkylation sites (tertiary alicyclic amines) is 2. The van der Waals surface area contributed by atoms with E-state index in [1.165, 1.54) is 7.11 Å². The average Bonchev–Trinajstić information content (AvgIpc) is 3.88. The molecule has 0 bridgehead atoms. The average molecular weight is 678 g/mol. The standard InChI is InChI=1S/C37H43N9O4/c1-21(22-7-8-22)35(47)45-15-3-5-29(45)33-41-20-28(43-33)26-17-38-32(39-18-26)25-13-9-23(10-14-25)27-19-40-34(42-27)30-6-4-16-46(30)36(48)31(24-11-12-24)44-37(49)50-2/h9-10,13-14,17-22,24,29-31H,3-8,11-12,15-16H2,1-2H3,(H,40,42)(H,41,43)(H,44,49)/t21-,29-,30-,31-/m0/s1. The Labute approximate surface area is 290 Å². The second kappa shape index (κ2) is 13.3. The summed E-state index contributed by atoms with van der Waals surface area (Å²) in [4.78, 5) is 68.0. The summed E-state index contributed by atoms with van der Waals surface area (Å²) in [5.41, 5.74) is 4.36. The second-order valence-corrected chi connectivity index (χ2v) is 14.2. The van der Waals surface area contributed by atoms with Gasteiger partial charge >= 0.3 is 6.09 Å². The third kappa shape index (κ3) is 6.36. The topological polar surface area (TPSA) is 162 Å². The summed E-state index contributed by atoms with van der Waals surface area (Å²) < 4.78 is 4.77. The molecule has 4 aliphatic rings. The second-order valence-electron chi connectivity index (χ2n) is 14.2. The van der Waals surface area contributed by atoms with Gasteiger partial charge in [0.25, 0.3) is 0 Å². The molecule has 2 aliphatic carbocycles. The minimum atomic E-state index is -0.581. The highest BCUT2D eigenvalue weighted by atomic mass is 16.5. The predicted molar refractivity (Wildman–Crippen MR) is 184 cm³/mol. The van der Waals surface area contributed by atoms with Crippen molar-refractivity contribution in [1.82, 2.24) is 45.0 Å². The lowest BCUT2D eigenvalue weighted by Crippen LogP contribution is -2.49. The number of nitrogens with zero attached hydrogens (tertiary/aromatic N) is 6. The Morgan fingerprint density at radius 2 is 1.26 bits per heavy atom. The Morgan fingerprint density at radius 3 is 1.82 bits per heavy atom. The summed E-state index contributed by atoms with van der Waals surface area (Å²) in [6.45, 7) is 3.48. The Hall–Kier alpha value is -5.07. The number of carbonyl (C=O) groups excluding carboxylic acids is 3. The molecule has 3 amide bonds. The summed E-state index contributed by atoms with van der Waals surface area (Å²) in [5.74, 6) is 3.12. The molecule has 2 saturated carbocycles. The van der Waals surface area contributed by atoms with Crippen molar-refractivity contribution >= 4 is 17.9 Å². The highest BCUT2D eigenvalue weighted by Gasteiger charge is 2.43. The number of alkyl carbamates (subject to hydrolysis) is 1. The van der Waals surface area contributed by atoms with Crippen molar-refractivity contribution in [2.24, 2.45) is 17.8 Å². The fourth-order valence-corrected chi connectivity index (χ4v) is 7.58. The summed E-state index contributed by atoms with van der Waals surface area (Å²) in [7, 11) is 1.31. The highest BCUT2D eigenvalue weighted by Crippen LogP contribution is 2.41. The highest BCUT2D eigenvalue weighted by molar-refractivity contribution is 5.87. The van der Waals surface area contributed by atoms with E-state index in [1.54, 1.807) is 24.8 Å². The van der Waals surface area contributed by atoms with Gasteiger partial charge in [-0.2, -0.15) is 0 Å². The summed E-state index contributed by atoms with van der Waals surface area (Å²) in [5, 5.41) is 2.75. The van der Waals surface area contributed by atoms with Gasteiger partial charge in [0.05, 0.1) is 43.0 Å². The monoisotopic (exact) mass is 677 g/mol. The molecule has 2 saturated heterocycles. The van der Waals surface area contributed by atoms with Gasteiger partial charge in [-0.05, 0) is 68.8 Å². The number of rotatable bonds is 10. The third-order valence-electron chi connectivity index (χ3n) is 10.8. The number of benzene rings is 1. The Balaban J connectivity index is 0.918. The minimum absolute atomic E-state index is 0.0169. The zero-order chi connectivity index (χ0) is 34.4. The molecule has 50 heavy (non-hydrogen) atoms. The van der Waals surface area contributed by atoms with Crippen LogP contribution in [0.5, 0.6) is 0 Å². The van der Waals surface area contributed by atoms with Gasteiger partial charge in [0.1, 0.15) is 17.7 Å². The van der Waals surface area contributed by atoms with Gasteiger partial charge in [0.2, 0.25) is 11.8 Å². The fourth-order valence-electron chi connectivity index (χ4n) is 7.58. The van der Waals surface area contributed by atoms with Crippen molar-refractivity contribution < 1.29 is 19.1 Å². The first-order valence-corrected chi connectivity index (χ1v) is 17.9. The molecule has 8 rings (SSSR count). The molecule has 4 atom stereocenters. The molecule has 4 aromatic rings. The molecule has 0 unspecified atom stereocenters. The first-order chi connectivity index (χ1) is 24.4. The molecule has 3 aromatic heterocycles. The van der Waals surface area contributed by atoms with E-state index in [9.17, 15) is 14.4 Å². The number of carbonyl (C=O) groups is 3. The van der Waals surface area contributed by atoms with Crippen LogP contribution in [0.2, 0.25) is 0 Å². The molecule has 5 heterocycles. The molecular formula is C37H43N9O4. The van der Waals surface area contributed by atoms with E-state index >= 15 is 0 Å². The Morgan fingerprint density at radius 1 is 0.720 bits per heavy atom. The van der Waals surface area contributed by atoms with Gasteiger partial charge in [-0.3, -0.25) is 9.59 Å². The van der Waals surface area contributed by atoms with Gasteiger partial charge in [0, 0.05) is 42.5 Å². The summed E-state index contributed by atoms with van der Waals surface area (Å²) in [6, 6.07) is 7.21. The van der Waals surface area contributed by atoms with Gasteiger partial charge < -0.3 is 29.8 Å². The number of H-pyrrole nitrogens is 2. The summed E-state index contributed by atoms with van der Waals surface area (Å²) in [6.07, 6.45) is 14.3. The zero-order valence-corrected chi connectivity index (χ0v) is 28.5. The van der Waals surface area contributed by atoms with Crippen LogP contribution in [0.15, 0.2) is 49.1 Å². The van der Waals surface area contributed by atoms with Crippen LogP contribution < -0.4 is 5.32 Å². The van der Waals surface area contributed by atoms with Gasteiger partial charge in [-0.25, -0.2) is 24.7 Å². The number of aromatic amines is 2. The quantitative estimate of drug-likeness (QED) is 0.200. The van der Waals surface area contributed by atoms with Crippen molar-refractivity contribution in [2.75, 3.05) is 20.2 Å². The van der Waals surface area contributed by atoms with E-state index < -0.39 is 12.1 Å². The van der Waals surface area contributed by atoms with E-state index in [1.807, 2.05) is 34.1 Å². The number of nitrogens with one attached hydrogen (secondary N) is 3. The molecule has 0 spiro atoms. The van der Waals surface area contributed by atoms with Crippen LogP contribution in [0.4, 0.5) is 4.79 Å². The van der Waals surface area contributed by atoms with Crippen molar-refractivity contribution in [2.45, 2.75) is 76.4 Å². The normalized spacial score (nSPS) is 21.6. The van der Waals surface area contributed by atoms with Crippen LogP contribution in [-0.4, -0.2) is 83.9 Å². The van der Waals surface area contributed by atoms with Crippen molar-refractivity contribution in [3.8, 4) is 33.9 Å². The molecule has 3 N–H and O–H groups in total. The van der Waals surface area contributed by atoms with Crippen LogP contribution in [0.3, 0.4) is 0 Å². The molecule has 13 nitrogen and oxygen atoms in total. The number of methoxy groups -OCH3 is 1.